The van der Waals surface area contributed by atoms with E-state index in [1.54, 1.807) is 0 Å². The van der Waals surface area contributed by atoms with E-state index in [4.69, 9.17) is 5.73 Å². The summed E-state index contributed by atoms with van der Waals surface area (Å²) >= 11 is 1.85. The molecule has 0 aliphatic rings. The van der Waals surface area contributed by atoms with Gasteiger partial charge in [0, 0.05) is 23.5 Å². The Kier molecular flexibility index (Phi) is 7.66. The lowest BCUT2D eigenvalue weighted by molar-refractivity contribution is 0.132. The summed E-state index contributed by atoms with van der Waals surface area (Å²) in [5.41, 5.74) is 6.19. The van der Waals surface area contributed by atoms with Gasteiger partial charge >= 0.3 is 0 Å². The summed E-state index contributed by atoms with van der Waals surface area (Å²) in [7, 11) is 2.22. The van der Waals surface area contributed by atoms with Gasteiger partial charge in [-0.1, -0.05) is 38.7 Å². The third-order valence-electron chi connectivity index (χ3n) is 4.20. The average molecular weight is 282 g/mol. The molecular weight excluding hydrogens is 252 g/mol. The van der Waals surface area contributed by atoms with Crippen LogP contribution in [0.3, 0.4) is 0 Å². The van der Waals surface area contributed by atoms with Crippen molar-refractivity contribution in [2.75, 3.05) is 20.1 Å². The van der Waals surface area contributed by atoms with Gasteiger partial charge in [-0.15, -0.1) is 11.3 Å². The molecule has 0 aliphatic carbocycles. The first-order valence-corrected chi connectivity index (χ1v) is 8.44. The smallest absolute Gasteiger partial charge is 0.0300 e. The highest BCUT2D eigenvalue weighted by atomic mass is 32.1. The maximum Gasteiger partial charge on any atom is 0.0300 e. The van der Waals surface area contributed by atoms with Crippen LogP contribution in [0, 0.1) is 0 Å². The monoisotopic (exact) mass is 282 g/mol. The zero-order valence-electron chi connectivity index (χ0n) is 12.8. The van der Waals surface area contributed by atoms with Crippen molar-refractivity contribution in [2.45, 2.75) is 57.9 Å². The Hall–Kier alpha value is -0.380. The fourth-order valence-electron chi connectivity index (χ4n) is 2.38. The zero-order chi connectivity index (χ0) is 14.1. The molecule has 0 saturated heterocycles. The number of nitrogens with two attached hydrogens (primary N) is 1. The Bertz CT molecular complexity index is 323. The van der Waals surface area contributed by atoms with Crippen LogP contribution in [0.5, 0.6) is 0 Å². The maximum atomic E-state index is 6.03. The van der Waals surface area contributed by atoms with Crippen molar-refractivity contribution in [2.24, 2.45) is 5.73 Å². The van der Waals surface area contributed by atoms with Crippen molar-refractivity contribution in [1.29, 1.82) is 0 Å². The molecule has 0 bridgehead atoms. The highest BCUT2D eigenvalue weighted by Crippen LogP contribution is 2.21. The zero-order valence-corrected chi connectivity index (χ0v) is 13.6. The fraction of sp³-hybridized carbons (Fsp3) is 0.750. The van der Waals surface area contributed by atoms with Gasteiger partial charge in [0.25, 0.3) is 0 Å². The third kappa shape index (κ3) is 5.64. The van der Waals surface area contributed by atoms with Crippen molar-refractivity contribution in [3.63, 3.8) is 0 Å². The van der Waals surface area contributed by atoms with Crippen LogP contribution in [0.15, 0.2) is 17.5 Å². The second-order valence-corrected chi connectivity index (χ2v) is 6.79. The number of unbranched alkanes of at least 4 members (excludes halogenated alkanes) is 3. The topological polar surface area (TPSA) is 29.3 Å². The number of hydrogen-bond acceptors (Lipinski definition) is 3. The van der Waals surface area contributed by atoms with Crippen LogP contribution in [0.1, 0.15) is 50.8 Å². The van der Waals surface area contributed by atoms with Crippen molar-refractivity contribution in [1.82, 2.24) is 4.90 Å². The van der Waals surface area contributed by atoms with Gasteiger partial charge in [-0.25, -0.2) is 0 Å². The van der Waals surface area contributed by atoms with Crippen LogP contribution in [0.25, 0.3) is 0 Å². The highest BCUT2D eigenvalue weighted by molar-refractivity contribution is 7.09. The lowest BCUT2D eigenvalue weighted by Crippen LogP contribution is -2.50. The molecule has 0 aromatic carbocycles. The molecule has 1 heterocycles. The lowest BCUT2D eigenvalue weighted by atomic mass is 9.92. The van der Waals surface area contributed by atoms with E-state index < -0.39 is 0 Å². The SMILES string of the molecule is CCCCCCC(C)(CN)N(C)CCc1cccs1. The minimum absolute atomic E-state index is 0.158. The molecule has 0 saturated carbocycles. The summed E-state index contributed by atoms with van der Waals surface area (Å²) in [4.78, 5) is 3.93. The number of thiophene rings is 1. The van der Waals surface area contributed by atoms with E-state index in [-0.39, 0.29) is 5.54 Å². The first kappa shape index (κ1) is 16.7. The van der Waals surface area contributed by atoms with E-state index in [0.717, 1.165) is 19.5 Å². The standard InChI is InChI=1S/C16H30N2S/c1-4-5-6-7-11-16(2,14-17)18(3)12-10-15-9-8-13-19-15/h8-9,13H,4-7,10-12,14,17H2,1-3H3. The molecule has 0 aliphatic heterocycles. The molecule has 0 amide bonds. The van der Waals surface area contributed by atoms with Crippen molar-refractivity contribution >= 4 is 11.3 Å². The molecule has 0 radical (unpaired) electrons. The summed E-state index contributed by atoms with van der Waals surface area (Å²) in [5.74, 6) is 0. The van der Waals surface area contributed by atoms with E-state index in [1.165, 1.54) is 37.0 Å². The molecule has 110 valence electrons. The highest BCUT2D eigenvalue weighted by Gasteiger charge is 2.26. The molecule has 1 unspecified atom stereocenters. The van der Waals surface area contributed by atoms with Crippen LogP contribution in [0.2, 0.25) is 0 Å². The molecule has 2 N–H and O–H groups in total. The summed E-state index contributed by atoms with van der Waals surface area (Å²) in [6.07, 6.45) is 7.63. The molecule has 1 aromatic heterocycles. The van der Waals surface area contributed by atoms with Gasteiger partial charge in [-0.05, 0) is 38.3 Å². The van der Waals surface area contributed by atoms with Crippen molar-refractivity contribution in [3.05, 3.63) is 22.4 Å². The van der Waals surface area contributed by atoms with E-state index >= 15 is 0 Å². The molecule has 2 nitrogen and oxygen atoms in total. The third-order valence-corrected chi connectivity index (χ3v) is 5.14. The molecule has 19 heavy (non-hydrogen) atoms. The number of nitrogens with zero attached hydrogens (tertiary/aromatic N) is 1. The van der Waals surface area contributed by atoms with Gasteiger partial charge in [-0.2, -0.15) is 0 Å². The van der Waals surface area contributed by atoms with Crippen LogP contribution < -0.4 is 5.73 Å². The summed E-state index contributed by atoms with van der Waals surface area (Å²) < 4.78 is 0. The Morgan fingerprint density at radius 2 is 2.11 bits per heavy atom. The predicted molar refractivity (Wildman–Crippen MR) is 86.9 cm³/mol. The van der Waals surface area contributed by atoms with E-state index in [9.17, 15) is 0 Å². The number of likely N-dealkylation sites (N-methyl/N-ethyl adjacent to an activating group) is 1. The van der Waals surface area contributed by atoms with Gasteiger partial charge < -0.3 is 5.73 Å². The number of rotatable bonds is 10. The first-order valence-electron chi connectivity index (χ1n) is 7.56. The van der Waals surface area contributed by atoms with Gasteiger partial charge in [0.15, 0.2) is 0 Å². The first-order chi connectivity index (χ1) is 9.12. The lowest BCUT2D eigenvalue weighted by Gasteiger charge is -2.38. The minimum atomic E-state index is 0.158. The molecule has 3 heteroatoms. The van der Waals surface area contributed by atoms with Crippen LogP contribution in [-0.2, 0) is 6.42 Å². The summed E-state index contributed by atoms with van der Waals surface area (Å²) in [5, 5.41) is 2.15. The Morgan fingerprint density at radius 1 is 1.32 bits per heavy atom. The Balaban J connectivity index is 2.37. The Labute approximate surface area is 123 Å². The second-order valence-electron chi connectivity index (χ2n) is 5.76. The second kappa shape index (κ2) is 8.72. The largest absolute Gasteiger partial charge is 0.329 e. The average Bonchev–Trinajstić information content (AvgIpc) is 2.94. The van der Waals surface area contributed by atoms with Gasteiger partial charge in [-0.3, -0.25) is 4.90 Å². The quantitative estimate of drug-likeness (QED) is 0.659. The maximum absolute atomic E-state index is 6.03. The molecule has 0 fully saturated rings. The Morgan fingerprint density at radius 3 is 2.68 bits per heavy atom. The predicted octanol–water partition coefficient (Wildman–Crippen LogP) is 3.91. The molecule has 1 atom stereocenters. The van der Waals surface area contributed by atoms with E-state index in [1.807, 2.05) is 11.3 Å². The molecular formula is C16H30N2S. The summed E-state index contributed by atoms with van der Waals surface area (Å²) in [6.45, 7) is 6.42. The fourth-order valence-corrected chi connectivity index (χ4v) is 3.08. The van der Waals surface area contributed by atoms with Crippen LogP contribution in [0.4, 0.5) is 0 Å². The number of hydrogen-bond donors (Lipinski definition) is 1. The minimum Gasteiger partial charge on any atom is -0.329 e. The van der Waals surface area contributed by atoms with Gasteiger partial charge in [0.05, 0.1) is 0 Å². The molecule has 1 aromatic rings. The van der Waals surface area contributed by atoms with E-state index in [0.29, 0.717) is 0 Å². The summed E-state index contributed by atoms with van der Waals surface area (Å²) in [6, 6.07) is 4.35. The normalized spacial score (nSPS) is 14.8. The molecule has 0 spiro atoms. The van der Waals surface area contributed by atoms with Crippen molar-refractivity contribution < 1.29 is 0 Å². The van der Waals surface area contributed by atoms with Crippen LogP contribution in [-0.4, -0.2) is 30.6 Å². The van der Waals surface area contributed by atoms with Gasteiger partial charge in [0.2, 0.25) is 0 Å². The van der Waals surface area contributed by atoms with Gasteiger partial charge in [0.1, 0.15) is 0 Å². The van der Waals surface area contributed by atoms with E-state index in [2.05, 4.69) is 43.3 Å². The van der Waals surface area contributed by atoms with Crippen LogP contribution >= 0.6 is 11.3 Å². The molecule has 1 rings (SSSR count). The van der Waals surface area contributed by atoms with Crippen molar-refractivity contribution in [3.8, 4) is 0 Å².